The highest BCUT2D eigenvalue weighted by Gasteiger charge is 2.25. The third kappa shape index (κ3) is 6.60. The summed E-state index contributed by atoms with van der Waals surface area (Å²) in [4.78, 5) is 26.8. The Morgan fingerprint density at radius 1 is 1.07 bits per heavy atom. The van der Waals surface area contributed by atoms with E-state index in [1.807, 2.05) is 30.3 Å². The summed E-state index contributed by atoms with van der Waals surface area (Å²) < 4.78 is 0. The van der Waals surface area contributed by atoms with Gasteiger partial charge in [-0.25, -0.2) is 0 Å². The van der Waals surface area contributed by atoms with Crippen LogP contribution in [0.4, 0.5) is 5.69 Å². The third-order valence-electron chi connectivity index (χ3n) is 6.07. The van der Waals surface area contributed by atoms with Crippen molar-refractivity contribution in [2.45, 2.75) is 45.1 Å². The van der Waals surface area contributed by atoms with Crippen LogP contribution in [0.1, 0.15) is 39.0 Å². The molecule has 3 N–H and O–H groups in total. The maximum Gasteiger partial charge on any atom is 0.238 e. The van der Waals surface area contributed by atoms with Crippen LogP contribution in [0.3, 0.4) is 0 Å². The molecule has 2 aliphatic rings. The molecule has 1 aromatic rings. The van der Waals surface area contributed by atoms with E-state index < -0.39 is 0 Å². The van der Waals surface area contributed by atoms with Crippen LogP contribution in [-0.2, 0) is 9.59 Å². The standard InChI is InChI=1S/C22H34N4O2/c1-17(18-7-11-23-12-8-18)15-21(27)24-20-9-13-26(14-10-20)16-22(28)25-19-5-3-2-4-6-19/h2-6,17-18,20,23H,7-16H2,1H3,(H,24,27)(H,25,28). The van der Waals surface area contributed by atoms with Crippen molar-refractivity contribution in [3.8, 4) is 0 Å². The van der Waals surface area contributed by atoms with Gasteiger partial charge in [-0.3, -0.25) is 14.5 Å². The van der Waals surface area contributed by atoms with Gasteiger partial charge < -0.3 is 16.0 Å². The lowest BCUT2D eigenvalue weighted by molar-refractivity contribution is -0.124. The largest absolute Gasteiger partial charge is 0.353 e. The Bertz CT molecular complexity index is 623. The number of likely N-dealkylation sites (tertiary alicyclic amines) is 1. The number of amides is 2. The fourth-order valence-electron chi connectivity index (χ4n) is 4.32. The molecular formula is C22H34N4O2. The Hall–Kier alpha value is -1.92. The smallest absolute Gasteiger partial charge is 0.238 e. The average Bonchev–Trinajstić information content (AvgIpc) is 2.71. The van der Waals surface area contributed by atoms with Gasteiger partial charge in [-0.05, 0) is 62.7 Å². The minimum absolute atomic E-state index is 0.0180. The maximum absolute atomic E-state index is 12.4. The molecule has 1 unspecified atom stereocenters. The molecule has 28 heavy (non-hydrogen) atoms. The zero-order valence-electron chi connectivity index (χ0n) is 17.0. The number of rotatable bonds is 7. The average molecular weight is 387 g/mol. The molecule has 0 bridgehead atoms. The van der Waals surface area contributed by atoms with Crippen LogP contribution >= 0.6 is 0 Å². The number of hydrogen-bond acceptors (Lipinski definition) is 4. The van der Waals surface area contributed by atoms with E-state index in [1.165, 1.54) is 12.8 Å². The topological polar surface area (TPSA) is 73.5 Å². The van der Waals surface area contributed by atoms with Crippen molar-refractivity contribution in [3.05, 3.63) is 30.3 Å². The lowest BCUT2D eigenvalue weighted by Gasteiger charge is -2.32. The van der Waals surface area contributed by atoms with Gasteiger partial charge in [0.15, 0.2) is 0 Å². The molecule has 0 spiro atoms. The molecular weight excluding hydrogens is 352 g/mol. The second kappa shape index (κ2) is 10.6. The highest BCUT2D eigenvalue weighted by Crippen LogP contribution is 2.24. The molecule has 1 atom stereocenters. The van der Waals surface area contributed by atoms with Crippen molar-refractivity contribution in [1.82, 2.24) is 15.5 Å². The van der Waals surface area contributed by atoms with Crippen LogP contribution < -0.4 is 16.0 Å². The summed E-state index contributed by atoms with van der Waals surface area (Å²) in [6, 6.07) is 9.78. The van der Waals surface area contributed by atoms with E-state index >= 15 is 0 Å². The number of anilines is 1. The van der Waals surface area contributed by atoms with E-state index in [-0.39, 0.29) is 17.9 Å². The van der Waals surface area contributed by atoms with Crippen molar-refractivity contribution in [2.24, 2.45) is 11.8 Å². The van der Waals surface area contributed by atoms with E-state index in [4.69, 9.17) is 0 Å². The molecule has 2 amide bonds. The van der Waals surface area contributed by atoms with Crippen LogP contribution in [0.2, 0.25) is 0 Å². The van der Waals surface area contributed by atoms with Gasteiger partial charge in [0.1, 0.15) is 0 Å². The van der Waals surface area contributed by atoms with E-state index in [2.05, 4.69) is 27.8 Å². The van der Waals surface area contributed by atoms with Crippen molar-refractivity contribution >= 4 is 17.5 Å². The van der Waals surface area contributed by atoms with E-state index in [0.29, 0.717) is 24.8 Å². The number of carbonyl (C=O) groups excluding carboxylic acids is 2. The van der Waals surface area contributed by atoms with Gasteiger partial charge in [-0.2, -0.15) is 0 Å². The summed E-state index contributed by atoms with van der Waals surface area (Å²) in [5.41, 5.74) is 0.831. The second-order valence-corrected chi connectivity index (χ2v) is 8.30. The Balaban J connectivity index is 1.33. The zero-order valence-corrected chi connectivity index (χ0v) is 17.0. The molecule has 0 radical (unpaired) electrons. The summed E-state index contributed by atoms with van der Waals surface area (Å²) in [5.74, 6) is 1.32. The Morgan fingerprint density at radius 3 is 2.43 bits per heavy atom. The Labute approximate surface area is 168 Å². The van der Waals surface area contributed by atoms with E-state index in [0.717, 1.165) is 44.7 Å². The number of hydrogen-bond donors (Lipinski definition) is 3. The van der Waals surface area contributed by atoms with Crippen LogP contribution in [0.5, 0.6) is 0 Å². The summed E-state index contributed by atoms with van der Waals surface area (Å²) in [6.07, 6.45) is 4.80. The van der Waals surface area contributed by atoms with Gasteiger partial charge in [0, 0.05) is 31.2 Å². The number of nitrogens with one attached hydrogen (secondary N) is 3. The SMILES string of the molecule is CC(CC(=O)NC1CCN(CC(=O)Nc2ccccc2)CC1)C1CCNCC1. The zero-order chi connectivity index (χ0) is 19.8. The fourth-order valence-corrected chi connectivity index (χ4v) is 4.32. The molecule has 2 aliphatic heterocycles. The molecule has 0 aromatic heterocycles. The van der Waals surface area contributed by atoms with Crippen LogP contribution in [0, 0.1) is 11.8 Å². The van der Waals surface area contributed by atoms with Gasteiger partial charge in [0.2, 0.25) is 11.8 Å². The third-order valence-corrected chi connectivity index (χ3v) is 6.07. The number of benzene rings is 1. The van der Waals surface area contributed by atoms with Gasteiger partial charge in [-0.15, -0.1) is 0 Å². The summed E-state index contributed by atoms with van der Waals surface area (Å²) >= 11 is 0. The summed E-state index contributed by atoms with van der Waals surface area (Å²) in [7, 11) is 0. The number of para-hydroxylation sites is 1. The van der Waals surface area contributed by atoms with Crippen molar-refractivity contribution in [3.63, 3.8) is 0 Å². The van der Waals surface area contributed by atoms with E-state index in [9.17, 15) is 9.59 Å². The van der Waals surface area contributed by atoms with Crippen LogP contribution in [0.25, 0.3) is 0 Å². The molecule has 2 heterocycles. The molecule has 2 fully saturated rings. The Kier molecular flexibility index (Phi) is 7.86. The summed E-state index contributed by atoms with van der Waals surface area (Å²) in [6.45, 7) is 6.46. The minimum Gasteiger partial charge on any atom is -0.353 e. The summed E-state index contributed by atoms with van der Waals surface area (Å²) in [5, 5.41) is 9.54. The molecule has 1 aromatic carbocycles. The van der Waals surface area contributed by atoms with Gasteiger partial charge in [0.05, 0.1) is 6.54 Å². The van der Waals surface area contributed by atoms with Gasteiger partial charge in [0.25, 0.3) is 0 Å². The molecule has 154 valence electrons. The van der Waals surface area contributed by atoms with E-state index in [1.54, 1.807) is 0 Å². The molecule has 6 nitrogen and oxygen atoms in total. The predicted molar refractivity (Wildman–Crippen MR) is 112 cm³/mol. The first-order valence-corrected chi connectivity index (χ1v) is 10.7. The normalized spacial score (nSPS) is 20.5. The lowest BCUT2D eigenvalue weighted by atomic mass is 9.84. The van der Waals surface area contributed by atoms with Gasteiger partial charge in [-0.1, -0.05) is 25.1 Å². The molecule has 3 rings (SSSR count). The number of piperidine rings is 2. The van der Waals surface area contributed by atoms with Crippen molar-refractivity contribution in [1.29, 1.82) is 0 Å². The fraction of sp³-hybridized carbons (Fsp3) is 0.636. The van der Waals surface area contributed by atoms with Crippen LogP contribution in [0.15, 0.2) is 30.3 Å². The first-order chi connectivity index (χ1) is 13.6. The highest BCUT2D eigenvalue weighted by molar-refractivity contribution is 5.92. The molecule has 0 saturated carbocycles. The lowest BCUT2D eigenvalue weighted by Crippen LogP contribution is -2.47. The minimum atomic E-state index is 0.0180. The first-order valence-electron chi connectivity index (χ1n) is 10.7. The first kappa shape index (κ1) is 20.8. The predicted octanol–water partition coefficient (Wildman–Crippen LogP) is 2.23. The molecule has 6 heteroatoms. The maximum atomic E-state index is 12.4. The number of carbonyl (C=O) groups is 2. The molecule has 0 aliphatic carbocycles. The van der Waals surface area contributed by atoms with Crippen molar-refractivity contribution in [2.75, 3.05) is 38.0 Å². The number of nitrogens with zero attached hydrogens (tertiary/aromatic N) is 1. The monoisotopic (exact) mass is 386 g/mol. The van der Waals surface area contributed by atoms with Crippen molar-refractivity contribution < 1.29 is 9.59 Å². The quantitative estimate of drug-likeness (QED) is 0.672. The highest BCUT2D eigenvalue weighted by atomic mass is 16.2. The van der Waals surface area contributed by atoms with Crippen LogP contribution in [-0.4, -0.2) is 55.5 Å². The molecule has 2 saturated heterocycles. The Morgan fingerprint density at radius 2 is 1.75 bits per heavy atom. The van der Waals surface area contributed by atoms with Gasteiger partial charge >= 0.3 is 0 Å². The second-order valence-electron chi connectivity index (χ2n) is 8.30.